The highest BCUT2D eigenvalue weighted by molar-refractivity contribution is 9.10. The number of nitrogens with zero attached hydrogens (tertiary/aromatic N) is 2. The average Bonchev–Trinajstić information content (AvgIpc) is 2.76. The zero-order valence-electron chi connectivity index (χ0n) is 9.01. The summed E-state index contributed by atoms with van der Waals surface area (Å²) >= 11 is 8.45. The molecule has 0 atom stereocenters. The van der Waals surface area contributed by atoms with Gasteiger partial charge < -0.3 is 5.73 Å². The number of aromatic nitrogens is 2. The molecule has 2 aromatic rings. The zero-order valence-corrected chi connectivity index (χ0v) is 13.0. The second-order valence-electron chi connectivity index (χ2n) is 3.18. The molecule has 1 aromatic carbocycles. The average molecular weight is 348 g/mol. The molecule has 2 rings (SSSR count). The quantitative estimate of drug-likeness (QED) is 0.671. The van der Waals surface area contributed by atoms with Crippen LogP contribution in [0, 0.1) is 0 Å². The molecule has 3 nitrogen and oxygen atoms in total. The van der Waals surface area contributed by atoms with Gasteiger partial charge >= 0.3 is 0 Å². The number of halogens is 1. The van der Waals surface area contributed by atoms with Crippen LogP contribution >= 0.6 is 50.8 Å². The number of nitrogens with two attached hydrogens (primary N) is 1. The van der Waals surface area contributed by atoms with Crippen LogP contribution in [-0.4, -0.2) is 16.5 Å². The SMILES string of the molecule is CSc1nnc(SCc2ccc(N)cc2Br)s1. The van der Waals surface area contributed by atoms with E-state index in [4.69, 9.17) is 5.73 Å². The van der Waals surface area contributed by atoms with Crippen LogP contribution in [0.3, 0.4) is 0 Å². The number of nitrogen functional groups attached to an aromatic ring is 1. The third-order valence-electron chi connectivity index (χ3n) is 1.99. The van der Waals surface area contributed by atoms with E-state index in [1.807, 2.05) is 24.5 Å². The maximum atomic E-state index is 5.70. The van der Waals surface area contributed by atoms with E-state index in [9.17, 15) is 0 Å². The van der Waals surface area contributed by atoms with E-state index in [0.29, 0.717) is 0 Å². The van der Waals surface area contributed by atoms with Gasteiger partial charge in [0, 0.05) is 15.9 Å². The van der Waals surface area contributed by atoms with E-state index in [2.05, 4.69) is 26.1 Å². The fourth-order valence-corrected chi connectivity index (χ4v) is 4.32. The monoisotopic (exact) mass is 347 g/mol. The van der Waals surface area contributed by atoms with Crippen molar-refractivity contribution in [3.8, 4) is 0 Å². The molecule has 0 radical (unpaired) electrons. The van der Waals surface area contributed by atoms with Crippen molar-refractivity contribution in [3.63, 3.8) is 0 Å². The van der Waals surface area contributed by atoms with Crippen molar-refractivity contribution in [3.05, 3.63) is 28.2 Å². The molecule has 0 spiro atoms. The van der Waals surface area contributed by atoms with Gasteiger partial charge in [-0.2, -0.15) is 0 Å². The second kappa shape index (κ2) is 6.08. The number of benzene rings is 1. The Morgan fingerprint density at radius 3 is 2.76 bits per heavy atom. The molecule has 0 aliphatic carbocycles. The Hall–Kier alpha value is -0.240. The van der Waals surface area contributed by atoms with Gasteiger partial charge in [0.15, 0.2) is 8.68 Å². The van der Waals surface area contributed by atoms with Crippen LogP contribution in [0.25, 0.3) is 0 Å². The lowest BCUT2D eigenvalue weighted by molar-refractivity contribution is 0.955. The van der Waals surface area contributed by atoms with Crippen LogP contribution in [0.15, 0.2) is 31.4 Å². The second-order valence-corrected chi connectivity index (χ2v) is 7.29. The highest BCUT2D eigenvalue weighted by Crippen LogP contribution is 2.31. The van der Waals surface area contributed by atoms with Gasteiger partial charge in [-0.15, -0.1) is 10.2 Å². The van der Waals surface area contributed by atoms with Gasteiger partial charge in [-0.3, -0.25) is 0 Å². The molecule has 0 unspecified atom stereocenters. The summed E-state index contributed by atoms with van der Waals surface area (Å²) in [4.78, 5) is 0. The first-order valence-corrected chi connectivity index (χ1v) is 8.55. The lowest BCUT2D eigenvalue weighted by atomic mass is 10.2. The number of hydrogen-bond acceptors (Lipinski definition) is 6. The Morgan fingerprint density at radius 2 is 2.12 bits per heavy atom. The van der Waals surface area contributed by atoms with Crippen LogP contribution in [0.2, 0.25) is 0 Å². The highest BCUT2D eigenvalue weighted by atomic mass is 79.9. The Kier molecular flexibility index (Phi) is 4.72. The number of thioether (sulfide) groups is 2. The van der Waals surface area contributed by atoms with Crippen molar-refractivity contribution in [1.82, 2.24) is 10.2 Å². The molecule has 0 saturated heterocycles. The molecular weight excluding hydrogens is 338 g/mol. The van der Waals surface area contributed by atoms with E-state index in [0.717, 1.165) is 24.6 Å². The van der Waals surface area contributed by atoms with Gasteiger partial charge in [0.2, 0.25) is 0 Å². The molecule has 90 valence electrons. The molecule has 17 heavy (non-hydrogen) atoms. The fraction of sp³-hybridized carbons (Fsp3) is 0.200. The van der Waals surface area contributed by atoms with Crippen molar-refractivity contribution in [2.75, 3.05) is 12.0 Å². The molecule has 0 fully saturated rings. The summed E-state index contributed by atoms with van der Waals surface area (Å²) in [5.41, 5.74) is 7.68. The molecule has 0 bridgehead atoms. The summed E-state index contributed by atoms with van der Waals surface area (Å²) in [6, 6.07) is 5.86. The molecule has 7 heteroatoms. The normalized spacial score (nSPS) is 10.7. The summed E-state index contributed by atoms with van der Waals surface area (Å²) in [5, 5.41) is 8.18. The van der Waals surface area contributed by atoms with Crippen LogP contribution in [-0.2, 0) is 5.75 Å². The van der Waals surface area contributed by atoms with E-state index < -0.39 is 0 Å². The standard InChI is InChI=1S/C10H10BrN3S3/c1-15-9-13-14-10(17-9)16-5-6-2-3-7(12)4-8(6)11/h2-4H,5,12H2,1H3. The molecule has 2 N–H and O–H groups in total. The fourth-order valence-electron chi connectivity index (χ4n) is 1.16. The first-order chi connectivity index (χ1) is 8.19. The summed E-state index contributed by atoms with van der Waals surface area (Å²) in [5.74, 6) is 0.865. The Bertz CT molecular complexity index is 515. The largest absolute Gasteiger partial charge is 0.399 e. The first kappa shape index (κ1) is 13.2. The maximum Gasteiger partial charge on any atom is 0.175 e. The number of rotatable bonds is 4. The third kappa shape index (κ3) is 3.61. The molecule has 0 aliphatic rings. The third-order valence-corrected chi connectivity index (χ3v) is 5.81. The van der Waals surface area contributed by atoms with Gasteiger partial charge in [-0.05, 0) is 24.0 Å². The van der Waals surface area contributed by atoms with Crippen LogP contribution in [0.1, 0.15) is 5.56 Å². The minimum atomic E-state index is 0.770. The van der Waals surface area contributed by atoms with Crippen LogP contribution in [0.4, 0.5) is 5.69 Å². The summed E-state index contributed by atoms with van der Waals surface area (Å²) in [7, 11) is 0. The molecule has 0 amide bonds. The maximum absolute atomic E-state index is 5.70. The first-order valence-electron chi connectivity index (χ1n) is 4.73. The predicted octanol–water partition coefficient (Wildman–Crippen LogP) is 3.90. The zero-order chi connectivity index (χ0) is 12.3. The Balaban J connectivity index is 2.02. The predicted molar refractivity (Wildman–Crippen MR) is 79.8 cm³/mol. The lowest BCUT2D eigenvalue weighted by Crippen LogP contribution is -1.88. The summed E-state index contributed by atoms with van der Waals surface area (Å²) in [6.45, 7) is 0. The highest BCUT2D eigenvalue weighted by Gasteiger charge is 2.06. The van der Waals surface area contributed by atoms with Crippen molar-refractivity contribution in [2.45, 2.75) is 14.4 Å². The van der Waals surface area contributed by atoms with Crippen LogP contribution in [0.5, 0.6) is 0 Å². The number of hydrogen-bond donors (Lipinski definition) is 1. The van der Waals surface area contributed by atoms with Gasteiger partial charge in [-0.25, -0.2) is 0 Å². The molecule has 0 aliphatic heterocycles. The van der Waals surface area contributed by atoms with Crippen molar-refractivity contribution >= 4 is 56.5 Å². The van der Waals surface area contributed by atoms with E-state index in [1.165, 1.54) is 5.56 Å². The Labute approximate surface area is 121 Å². The smallest absolute Gasteiger partial charge is 0.175 e. The van der Waals surface area contributed by atoms with E-state index >= 15 is 0 Å². The van der Waals surface area contributed by atoms with Crippen LogP contribution < -0.4 is 5.73 Å². The van der Waals surface area contributed by atoms with E-state index in [1.54, 1.807) is 34.9 Å². The van der Waals surface area contributed by atoms with Crippen molar-refractivity contribution in [2.24, 2.45) is 0 Å². The van der Waals surface area contributed by atoms with Gasteiger partial charge in [0.1, 0.15) is 0 Å². The summed E-state index contributed by atoms with van der Waals surface area (Å²) in [6.07, 6.45) is 2.01. The molecule has 1 heterocycles. The molecular formula is C10H10BrN3S3. The van der Waals surface area contributed by atoms with Gasteiger partial charge in [0.05, 0.1) is 0 Å². The Morgan fingerprint density at radius 1 is 1.35 bits per heavy atom. The van der Waals surface area contributed by atoms with Crippen molar-refractivity contribution in [1.29, 1.82) is 0 Å². The van der Waals surface area contributed by atoms with Gasteiger partial charge in [0.25, 0.3) is 0 Å². The summed E-state index contributed by atoms with van der Waals surface area (Å²) < 4.78 is 3.04. The van der Waals surface area contributed by atoms with Gasteiger partial charge in [-0.1, -0.05) is 56.9 Å². The lowest BCUT2D eigenvalue weighted by Gasteiger charge is -2.03. The minimum absolute atomic E-state index is 0.770. The molecule has 1 aromatic heterocycles. The minimum Gasteiger partial charge on any atom is -0.399 e. The topological polar surface area (TPSA) is 51.8 Å². The van der Waals surface area contributed by atoms with E-state index in [-0.39, 0.29) is 0 Å². The number of anilines is 1. The molecule has 0 saturated carbocycles. The van der Waals surface area contributed by atoms with Crippen molar-refractivity contribution < 1.29 is 0 Å².